The Morgan fingerprint density at radius 3 is 2.48 bits per heavy atom. The number of hydrogen-bond acceptors (Lipinski definition) is 3. The molecular weight excluding hydrogens is 315 g/mol. The molecule has 0 heterocycles. The molecule has 0 saturated carbocycles. The quantitative estimate of drug-likeness (QED) is 0.828. The van der Waals surface area contributed by atoms with Crippen molar-refractivity contribution in [1.29, 1.82) is 0 Å². The number of halogens is 1. The van der Waals surface area contributed by atoms with Crippen LogP contribution in [0.15, 0.2) is 54.6 Å². The van der Waals surface area contributed by atoms with Crippen LogP contribution in [0.1, 0.15) is 11.6 Å². The number of carbonyl (C=O) groups excluding carboxylic acids is 2. The SMILES string of the molecule is CSCC(NC(=O)C(=O)Nc1cccc(F)c1)c1ccccc1. The van der Waals surface area contributed by atoms with Crippen LogP contribution in [-0.4, -0.2) is 23.8 Å². The van der Waals surface area contributed by atoms with Gasteiger partial charge in [-0.3, -0.25) is 9.59 Å². The fourth-order valence-corrected chi connectivity index (χ4v) is 2.66. The van der Waals surface area contributed by atoms with E-state index in [0.717, 1.165) is 11.6 Å². The fraction of sp³-hybridized carbons (Fsp3) is 0.176. The Kier molecular flexibility index (Phi) is 6.17. The van der Waals surface area contributed by atoms with Gasteiger partial charge in [-0.1, -0.05) is 36.4 Å². The van der Waals surface area contributed by atoms with Crippen LogP contribution in [0.2, 0.25) is 0 Å². The lowest BCUT2D eigenvalue weighted by atomic mass is 10.1. The highest BCUT2D eigenvalue weighted by atomic mass is 32.2. The maximum Gasteiger partial charge on any atom is 0.313 e. The largest absolute Gasteiger partial charge is 0.340 e. The lowest BCUT2D eigenvalue weighted by molar-refractivity contribution is -0.136. The minimum absolute atomic E-state index is 0.242. The van der Waals surface area contributed by atoms with E-state index in [-0.39, 0.29) is 11.7 Å². The smallest absolute Gasteiger partial charge is 0.313 e. The van der Waals surface area contributed by atoms with Crippen molar-refractivity contribution in [2.24, 2.45) is 0 Å². The van der Waals surface area contributed by atoms with Crippen LogP contribution in [0.3, 0.4) is 0 Å². The molecule has 120 valence electrons. The Bertz CT molecular complexity index is 679. The predicted molar refractivity (Wildman–Crippen MR) is 90.7 cm³/mol. The number of amides is 2. The molecule has 0 aromatic heterocycles. The van der Waals surface area contributed by atoms with E-state index in [4.69, 9.17) is 0 Å². The lowest BCUT2D eigenvalue weighted by Crippen LogP contribution is -2.38. The Morgan fingerprint density at radius 1 is 1.09 bits per heavy atom. The highest BCUT2D eigenvalue weighted by Gasteiger charge is 2.19. The van der Waals surface area contributed by atoms with Crippen LogP contribution < -0.4 is 10.6 Å². The molecule has 0 radical (unpaired) electrons. The van der Waals surface area contributed by atoms with Crippen molar-refractivity contribution in [3.8, 4) is 0 Å². The monoisotopic (exact) mass is 332 g/mol. The Balaban J connectivity index is 2.02. The van der Waals surface area contributed by atoms with E-state index < -0.39 is 17.6 Å². The third kappa shape index (κ3) is 5.10. The highest BCUT2D eigenvalue weighted by molar-refractivity contribution is 7.98. The average molecular weight is 332 g/mol. The maximum atomic E-state index is 13.1. The molecule has 1 unspecified atom stereocenters. The van der Waals surface area contributed by atoms with Crippen molar-refractivity contribution in [2.75, 3.05) is 17.3 Å². The predicted octanol–water partition coefficient (Wildman–Crippen LogP) is 2.98. The molecule has 2 amide bonds. The summed E-state index contributed by atoms with van der Waals surface area (Å²) in [7, 11) is 0. The first-order valence-electron chi connectivity index (χ1n) is 7.01. The molecule has 0 aliphatic heterocycles. The maximum absolute atomic E-state index is 13.1. The summed E-state index contributed by atoms with van der Waals surface area (Å²) in [5.74, 6) is -1.41. The molecule has 23 heavy (non-hydrogen) atoms. The molecule has 0 spiro atoms. The molecular formula is C17H17FN2O2S. The first-order chi connectivity index (χ1) is 11.1. The zero-order valence-corrected chi connectivity index (χ0v) is 13.4. The molecule has 2 aromatic carbocycles. The van der Waals surface area contributed by atoms with Crippen LogP contribution in [-0.2, 0) is 9.59 Å². The third-order valence-electron chi connectivity index (χ3n) is 3.13. The van der Waals surface area contributed by atoms with Gasteiger partial charge in [0.25, 0.3) is 0 Å². The minimum Gasteiger partial charge on any atom is -0.340 e. The van der Waals surface area contributed by atoms with Gasteiger partial charge in [-0.15, -0.1) is 0 Å². The van der Waals surface area contributed by atoms with E-state index in [1.54, 1.807) is 11.8 Å². The van der Waals surface area contributed by atoms with E-state index in [2.05, 4.69) is 10.6 Å². The molecule has 0 bridgehead atoms. The van der Waals surface area contributed by atoms with Gasteiger partial charge >= 0.3 is 11.8 Å². The van der Waals surface area contributed by atoms with Gasteiger partial charge in [0.15, 0.2) is 0 Å². The van der Waals surface area contributed by atoms with Crippen molar-refractivity contribution in [2.45, 2.75) is 6.04 Å². The number of thioether (sulfide) groups is 1. The average Bonchev–Trinajstić information content (AvgIpc) is 2.55. The molecule has 4 nitrogen and oxygen atoms in total. The van der Waals surface area contributed by atoms with Crippen LogP contribution >= 0.6 is 11.8 Å². The second kappa shape index (κ2) is 8.33. The molecule has 0 fully saturated rings. The molecule has 2 N–H and O–H groups in total. The van der Waals surface area contributed by atoms with E-state index in [1.807, 2.05) is 36.6 Å². The third-order valence-corrected chi connectivity index (χ3v) is 3.80. The van der Waals surface area contributed by atoms with Gasteiger partial charge in [0, 0.05) is 11.4 Å². The van der Waals surface area contributed by atoms with Gasteiger partial charge < -0.3 is 10.6 Å². The topological polar surface area (TPSA) is 58.2 Å². The van der Waals surface area contributed by atoms with Crippen molar-refractivity contribution in [3.63, 3.8) is 0 Å². The standard InChI is InChI=1S/C17H17FN2O2S/c1-23-11-15(12-6-3-2-4-7-12)20-17(22)16(21)19-14-9-5-8-13(18)10-14/h2-10,15H,11H2,1H3,(H,19,21)(H,20,22). The summed E-state index contributed by atoms with van der Waals surface area (Å²) in [6, 6.07) is 14.6. The van der Waals surface area contributed by atoms with Gasteiger partial charge in [0.05, 0.1) is 6.04 Å². The van der Waals surface area contributed by atoms with Gasteiger partial charge in [-0.05, 0) is 30.0 Å². The van der Waals surface area contributed by atoms with Crippen LogP contribution in [0.25, 0.3) is 0 Å². The molecule has 0 aliphatic carbocycles. The van der Waals surface area contributed by atoms with Gasteiger partial charge in [-0.2, -0.15) is 11.8 Å². The first-order valence-corrected chi connectivity index (χ1v) is 8.41. The Morgan fingerprint density at radius 2 is 1.83 bits per heavy atom. The fourth-order valence-electron chi connectivity index (χ4n) is 2.05. The van der Waals surface area contributed by atoms with Crippen molar-refractivity contribution in [1.82, 2.24) is 5.32 Å². The molecule has 0 saturated heterocycles. The van der Waals surface area contributed by atoms with Gasteiger partial charge in [0.1, 0.15) is 5.82 Å². The second-order valence-corrected chi connectivity index (χ2v) is 5.77. The summed E-state index contributed by atoms with van der Waals surface area (Å²) in [5, 5.41) is 5.09. The van der Waals surface area contributed by atoms with Crippen LogP contribution in [0, 0.1) is 5.82 Å². The summed E-state index contributed by atoms with van der Waals surface area (Å²) in [6.45, 7) is 0. The molecule has 0 aliphatic rings. The van der Waals surface area contributed by atoms with Crippen LogP contribution in [0.5, 0.6) is 0 Å². The summed E-state index contributed by atoms with van der Waals surface area (Å²) >= 11 is 1.57. The number of nitrogens with one attached hydrogen (secondary N) is 2. The highest BCUT2D eigenvalue weighted by Crippen LogP contribution is 2.17. The summed E-state index contributed by atoms with van der Waals surface area (Å²) < 4.78 is 13.1. The number of benzene rings is 2. The van der Waals surface area contributed by atoms with Crippen molar-refractivity contribution >= 4 is 29.3 Å². The number of carbonyl (C=O) groups is 2. The number of rotatable bonds is 5. The summed E-state index contributed by atoms with van der Waals surface area (Å²) in [6.07, 6.45) is 1.93. The van der Waals surface area contributed by atoms with E-state index in [9.17, 15) is 14.0 Å². The molecule has 1 atom stereocenters. The van der Waals surface area contributed by atoms with E-state index in [1.165, 1.54) is 18.2 Å². The first kappa shape index (κ1) is 17.0. The Hall–Kier alpha value is -2.34. The second-order valence-electron chi connectivity index (χ2n) is 4.86. The van der Waals surface area contributed by atoms with E-state index >= 15 is 0 Å². The van der Waals surface area contributed by atoms with Crippen molar-refractivity contribution in [3.05, 3.63) is 66.0 Å². The zero-order valence-electron chi connectivity index (χ0n) is 12.6. The van der Waals surface area contributed by atoms with Crippen molar-refractivity contribution < 1.29 is 14.0 Å². The molecule has 2 rings (SSSR count). The zero-order chi connectivity index (χ0) is 16.7. The normalized spacial score (nSPS) is 11.6. The molecule has 2 aromatic rings. The van der Waals surface area contributed by atoms with Gasteiger partial charge in [0.2, 0.25) is 0 Å². The minimum atomic E-state index is -0.822. The summed E-state index contributed by atoms with van der Waals surface area (Å²) in [5.41, 5.74) is 1.17. The van der Waals surface area contributed by atoms with E-state index in [0.29, 0.717) is 5.75 Å². The molecule has 6 heteroatoms. The lowest BCUT2D eigenvalue weighted by Gasteiger charge is -2.18. The summed E-state index contributed by atoms with van der Waals surface area (Å²) in [4.78, 5) is 24.0. The Labute approximate surface area is 138 Å². The van der Waals surface area contributed by atoms with Gasteiger partial charge in [-0.25, -0.2) is 4.39 Å². The number of hydrogen-bond donors (Lipinski definition) is 2. The van der Waals surface area contributed by atoms with Crippen LogP contribution in [0.4, 0.5) is 10.1 Å². The number of anilines is 1.